The van der Waals surface area contributed by atoms with Crippen molar-refractivity contribution in [3.63, 3.8) is 0 Å². The van der Waals surface area contributed by atoms with Gasteiger partial charge < -0.3 is 5.32 Å². The fourth-order valence-corrected chi connectivity index (χ4v) is 2.17. The topological polar surface area (TPSA) is 29.1 Å². The van der Waals surface area contributed by atoms with Crippen LogP contribution in [0, 0.1) is 5.92 Å². The highest BCUT2D eigenvalue weighted by Gasteiger charge is 2.20. The Morgan fingerprint density at radius 1 is 1.38 bits per heavy atom. The van der Waals surface area contributed by atoms with Crippen LogP contribution in [0.5, 0.6) is 0 Å². The number of hydrogen-bond donors (Lipinski definition) is 1. The molecule has 0 aliphatic carbocycles. The van der Waals surface area contributed by atoms with Gasteiger partial charge in [-0.2, -0.15) is 0 Å². The van der Waals surface area contributed by atoms with Crippen LogP contribution >= 0.6 is 23.2 Å². The summed E-state index contributed by atoms with van der Waals surface area (Å²) < 4.78 is 0. The maximum atomic E-state index is 11.7. The van der Waals surface area contributed by atoms with Crippen molar-refractivity contribution in [2.45, 2.75) is 12.8 Å². The Morgan fingerprint density at radius 3 is 2.75 bits per heavy atom. The molecule has 0 radical (unpaired) electrons. The van der Waals surface area contributed by atoms with Gasteiger partial charge in [0.25, 0.3) is 0 Å². The van der Waals surface area contributed by atoms with E-state index in [9.17, 15) is 4.79 Å². The predicted molar refractivity (Wildman–Crippen MR) is 66.1 cm³/mol. The Balaban J connectivity index is 1.97. The van der Waals surface area contributed by atoms with E-state index in [1.54, 1.807) is 6.07 Å². The van der Waals surface area contributed by atoms with E-state index in [4.69, 9.17) is 23.2 Å². The third-order valence-corrected chi connectivity index (χ3v) is 3.66. The van der Waals surface area contributed by atoms with Crippen LogP contribution in [0.4, 0.5) is 0 Å². The lowest BCUT2D eigenvalue weighted by Gasteiger charge is -2.26. The van der Waals surface area contributed by atoms with Gasteiger partial charge in [0.05, 0.1) is 10.0 Å². The fraction of sp³-hybridized carbons (Fsp3) is 0.417. The molecule has 16 heavy (non-hydrogen) atoms. The number of hydrogen-bond acceptors (Lipinski definition) is 2. The van der Waals surface area contributed by atoms with Crippen LogP contribution in [-0.4, -0.2) is 18.9 Å². The molecule has 1 aliphatic heterocycles. The molecule has 2 nitrogen and oxygen atoms in total. The van der Waals surface area contributed by atoms with Gasteiger partial charge in [-0.25, -0.2) is 0 Å². The molecule has 0 unspecified atom stereocenters. The SMILES string of the molecule is O=C(Cc1cccc(Cl)c1Cl)CC1CNC1. The molecule has 1 N–H and O–H groups in total. The first kappa shape index (κ1) is 11.9. The second-order valence-electron chi connectivity index (χ2n) is 4.16. The summed E-state index contributed by atoms with van der Waals surface area (Å²) in [4.78, 5) is 11.7. The Morgan fingerprint density at radius 2 is 2.12 bits per heavy atom. The summed E-state index contributed by atoms with van der Waals surface area (Å²) in [5.41, 5.74) is 0.825. The Kier molecular flexibility index (Phi) is 3.85. The van der Waals surface area contributed by atoms with E-state index < -0.39 is 0 Å². The molecule has 0 atom stereocenters. The van der Waals surface area contributed by atoms with Gasteiger partial charge in [-0.1, -0.05) is 35.3 Å². The lowest BCUT2D eigenvalue weighted by Crippen LogP contribution is -2.43. The van der Waals surface area contributed by atoms with Crippen molar-refractivity contribution in [2.75, 3.05) is 13.1 Å². The third-order valence-electron chi connectivity index (χ3n) is 2.80. The van der Waals surface area contributed by atoms with E-state index in [1.165, 1.54) is 0 Å². The van der Waals surface area contributed by atoms with Crippen molar-refractivity contribution < 1.29 is 4.79 Å². The zero-order valence-corrected chi connectivity index (χ0v) is 10.3. The molecule has 1 aromatic rings. The number of benzene rings is 1. The number of carbonyl (C=O) groups excluding carboxylic acids is 1. The van der Waals surface area contributed by atoms with Crippen molar-refractivity contribution in [1.82, 2.24) is 5.32 Å². The van der Waals surface area contributed by atoms with E-state index in [0.29, 0.717) is 28.8 Å². The summed E-state index contributed by atoms with van der Waals surface area (Å²) in [5.74, 6) is 0.737. The van der Waals surface area contributed by atoms with Gasteiger partial charge in [0, 0.05) is 12.8 Å². The number of nitrogens with one attached hydrogen (secondary N) is 1. The molecule has 1 heterocycles. The third kappa shape index (κ3) is 2.76. The van der Waals surface area contributed by atoms with Gasteiger partial charge in [-0.3, -0.25) is 4.79 Å². The first-order valence-corrected chi connectivity index (χ1v) is 6.07. The van der Waals surface area contributed by atoms with Crippen LogP contribution < -0.4 is 5.32 Å². The van der Waals surface area contributed by atoms with E-state index in [-0.39, 0.29) is 5.78 Å². The molecule has 0 aromatic heterocycles. The monoisotopic (exact) mass is 257 g/mol. The maximum absolute atomic E-state index is 11.7. The van der Waals surface area contributed by atoms with Gasteiger partial charge in [-0.05, 0) is 30.6 Å². The average molecular weight is 258 g/mol. The fourth-order valence-electron chi connectivity index (χ4n) is 1.78. The molecule has 0 saturated carbocycles. The number of carbonyl (C=O) groups is 1. The molecule has 0 spiro atoms. The highest BCUT2D eigenvalue weighted by Crippen LogP contribution is 2.26. The second-order valence-corrected chi connectivity index (χ2v) is 4.94. The summed E-state index contributed by atoms with van der Waals surface area (Å²) in [6.45, 7) is 1.91. The summed E-state index contributed by atoms with van der Waals surface area (Å²) in [5, 5.41) is 4.17. The number of ketones is 1. The molecular formula is C12H13Cl2NO. The quantitative estimate of drug-likeness (QED) is 0.899. The second kappa shape index (κ2) is 5.17. The van der Waals surface area contributed by atoms with Crippen molar-refractivity contribution in [2.24, 2.45) is 5.92 Å². The van der Waals surface area contributed by atoms with Gasteiger partial charge >= 0.3 is 0 Å². The van der Waals surface area contributed by atoms with E-state index >= 15 is 0 Å². The molecule has 1 aliphatic rings. The lowest BCUT2D eigenvalue weighted by molar-refractivity contribution is -0.119. The Bertz CT molecular complexity index is 402. The van der Waals surface area contributed by atoms with E-state index in [2.05, 4.69) is 5.32 Å². The molecule has 1 aromatic carbocycles. The molecule has 0 amide bonds. The minimum absolute atomic E-state index is 0.232. The molecule has 4 heteroatoms. The largest absolute Gasteiger partial charge is 0.316 e. The Hall–Kier alpha value is -0.570. The number of halogens is 2. The smallest absolute Gasteiger partial charge is 0.137 e. The highest BCUT2D eigenvalue weighted by atomic mass is 35.5. The van der Waals surface area contributed by atoms with Gasteiger partial charge in [0.2, 0.25) is 0 Å². The molecule has 86 valence electrons. The minimum Gasteiger partial charge on any atom is -0.316 e. The van der Waals surface area contributed by atoms with Crippen LogP contribution in [0.1, 0.15) is 12.0 Å². The van der Waals surface area contributed by atoms with Crippen LogP contribution in [0.3, 0.4) is 0 Å². The molecule has 1 saturated heterocycles. The summed E-state index contributed by atoms with van der Waals surface area (Å²) in [6, 6.07) is 5.40. The summed E-state index contributed by atoms with van der Waals surface area (Å²) in [6.07, 6.45) is 1.02. The molecular weight excluding hydrogens is 245 g/mol. The molecule has 0 bridgehead atoms. The van der Waals surface area contributed by atoms with Crippen LogP contribution in [0.25, 0.3) is 0 Å². The van der Waals surface area contributed by atoms with Gasteiger partial charge in [-0.15, -0.1) is 0 Å². The van der Waals surface area contributed by atoms with Gasteiger partial charge in [0.15, 0.2) is 0 Å². The number of Topliss-reactive ketones (excluding diaryl/α,β-unsaturated/α-hetero) is 1. The van der Waals surface area contributed by atoms with Crippen LogP contribution in [-0.2, 0) is 11.2 Å². The maximum Gasteiger partial charge on any atom is 0.137 e. The van der Waals surface area contributed by atoms with Crippen molar-refractivity contribution in [3.05, 3.63) is 33.8 Å². The van der Waals surface area contributed by atoms with E-state index in [0.717, 1.165) is 18.7 Å². The number of rotatable bonds is 4. The first-order valence-electron chi connectivity index (χ1n) is 5.32. The average Bonchev–Trinajstić information content (AvgIpc) is 2.19. The highest BCUT2D eigenvalue weighted by molar-refractivity contribution is 6.42. The predicted octanol–water partition coefficient (Wildman–Crippen LogP) is 2.71. The van der Waals surface area contributed by atoms with Crippen molar-refractivity contribution >= 4 is 29.0 Å². The van der Waals surface area contributed by atoms with Crippen LogP contribution in [0.15, 0.2) is 18.2 Å². The first-order chi connectivity index (χ1) is 7.66. The van der Waals surface area contributed by atoms with Gasteiger partial charge in [0.1, 0.15) is 5.78 Å². The molecule has 1 fully saturated rings. The van der Waals surface area contributed by atoms with Crippen LogP contribution in [0.2, 0.25) is 10.0 Å². The normalized spacial score (nSPS) is 15.9. The summed E-state index contributed by atoms with van der Waals surface area (Å²) in [7, 11) is 0. The van der Waals surface area contributed by atoms with Crippen molar-refractivity contribution in [3.8, 4) is 0 Å². The zero-order chi connectivity index (χ0) is 11.5. The molecule has 2 rings (SSSR count). The lowest BCUT2D eigenvalue weighted by atomic mass is 9.94. The zero-order valence-electron chi connectivity index (χ0n) is 8.80. The van der Waals surface area contributed by atoms with E-state index in [1.807, 2.05) is 12.1 Å². The van der Waals surface area contributed by atoms with Crippen molar-refractivity contribution in [1.29, 1.82) is 0 Å². The standard InChI is InChI=1S/C12H13Cl2NO/c13-11-3-1-2-9(12(11)14)5-10(16)4-8-6-15-7-8/h1-3,8,15H,4-7H2. The Labute approximate surface area is 105 Å². The summed E-state index contributed by atoms with van der Waals surface area (Å²) >= 11 is 11.9. The minimum atomic E-state index is 0.232.